The molecule has 17 heavy (non-hydrogen) atoms. The van der Waals surface area contributed by atoms with Gasteiger partial charge in [0.15, 0.2) is 0 Å². The van der Waals surface area contributed by atoms with E-state index in [1.807, 2.05) is 24.3 Å². The number of carbonyl (C=O) groups is 1. The Morgan fingerprint density at radius 1 is 1.29 bits per heavy atom. The molecule has 0 atom stereocenters. The van der Waals surface area contributed by atoms with Crippen LogP contribution in [0.15, 0.2) is 28.7 Å². The number of amides is 1. The van der Waals surface area contributed by atoms with E-state index >= 15 is 0 Å². The number of nitrogens with one attached hydrogen (secondary N) is 1. The lowest BCUT2D eigenvalue weighted by molar-refractivity contribution is 0.140. The van der Waals surface area contributed by atoms with Crippen molar-refractivity contribution in [1.82, 2.24) is 5.32 Å². The molecule has 0 aromatic heterocycles. The van der Waals surface area contributed by atoms with Crippen LogP contribution in [0.25, 0.3) is 0 Å². The van der Waals surface area contributed by atoms with E-state index in [1.54, 1.807) is 7.11 Å². The molecule has 0 heterocycles. The van der Waals surface area contributed by atoms with Crippen LogP contribution in [0.2, 0.25) is 0 Å². The predicted molar refractivity (Wildman–Crippen MR) is 69.1 cm³/mol. The van der Waals surface area contributed by atoms with Crippen LogP contribution in [0, 0.1) is 0 Å². The number of rotatable bonds is 6. The fourth-order valence-corrected chi connectivity index (χ4v) is 1.48. The summed E-state index contributed by atoms with van der Waals surface area (Å²) in [4.78, 5) is 11.2. The number of ether oxygens (including phenoxy) is 2. The number of alkyl carbamates (subject to hydrolysis) is 1. The standard InChI is InChI=1S/C12H16BrNO3/c1-16-9-7-14-12(15)17-8-6-10-2-4-11(13)5-3-10/h2-5H,6-9H2,1H3,(H,14,15). The molecule has 0 radical (unpaired) electrons. The monoisotopic (exact) mass is 301 g/mol. The second-order valence-corrected chi connectivity index (χ2v) is 4.35. The van der Waals surface area contributed by atoms with E-state index < -0.39 is 6.09 Å². The van der Waals surface area contributed by atoms with Crippen LogP contribution < -0.4 is 5.32 Å². The zero-order chi connectivity index (χ0) is 12.5. The average Bonchev–Trinajstić information content (AvgIpc) is 2.32. The summed E-state index contributed by atoms with van der Waals surface area (Å²) < 4.78 is 10.8. The molecule has 0 saturated carbocycles. The van der Waals surface area contributed by atoms with E-state index in [9.17, 15) is 4.79 Å². The summed E-state index contributed by atoms with van der Waals surface area (Å²) in [5, 5.41) is 2.59. The number of hydrogen-bond acceptors (Lipinski definition) is 3. The zero-order valence-electron chi connectivity index (χ0n) is 9.74. The molecule has 0 spiro atoms. The molecule has 1 aromatic rings. The van der Waals surface area contributed by atoms with E-state index in [2.05, 4.69) is 21.2 Å². The van der Waals surface area contributed by atoms with Crippen LogP contribution in [0.3, 0.4) is 0 Å². The lowest BCUT2D eigenvalue weighted by atomic mass is 10.2. The van der Waals surface area contributed by atoms with Crippen molar-refractivity contribution >= 4 is 22.0 Å². The summed E-state index contributed by atoms with van der Waals surface area (Å²) in [5.41, 5.74) is 1.14. The van der Waals surface area contributed by atoms with Gasteiger partial charge in [0.25, 0.3) is 0 Å². The van der Waals surface area contributed by atoms with Crippen molar-refractivity contribution in [2.75, 3.05) is 26.9 Å². The third-order valence-electron chi connectivity index (χ3n) is 2.11. The van der Waals surface area contributed by atoms with Gasteiger partial charge in [-0.25, -0.2) is 4.79 Å². The topological polar surface area (TPSA) is 47.6 Å². The first-order chi connectivity index (χ1) is 8.22. The minimum absolute atomic E-state index is 0.375. The van der Waals surface area contributed by atoms with Gasteiger partial charge in [0.05, 0.1) is 13.2 Å². The van der Waals surface area contributed by atoms with Crippen molar-refractivity contribution in [3.8, 4) is 0 Å². The van der Waals surface area contributed by atoms with E-state index in [0.717, 1.165) is 10.0 Å². The third-order valence-corrected chi connectivity index (χ3v) is 2.64. The number of methoxy groups -OCH3 is 1. The van der Waals surface area contributed by atoms with Gasteiger partial charge in [0.2, 0.25) is 0 Å². The predicted octanol–water partition coefficient (Wildman–Crippen LogP) is 2.36. The average molecular weight is 302 g/mol. The van der Waals surface area contributed by atoms with Gasteiger partial charge in [-0.3, -0.25) is 0 Å². The number of benzene rings is 1. The Kier molecular flexibility index (Phi) is 6.65. The van der Waals surface area contributed by atoms with Crippen LogP contribution in [-0.4, -0.2) is 33.0 Å². The maximum absolute atomic E-state index is 11.2. The van der Waals surface area contributed by atoms with Gasteiger partial charge >= 0.3 is 6.09 Å². The second-order valence-electron chi connectivity index (χ2n) is 3.43. The minimum atomic E-state index is -0.404. The molecule has 4 nitrogen and oxygen atoms in total. The maximum Gasteiger partial charge on any atom is 0.407 e. The number of hydrogen-bond donors (Lipinski definition) is 1. The molecular weight excluding hydrogens is 286 g/mol. The van der Waals surface area contributed by atoms with E-state index in [0.29, 0.717) is 26.2 Å². The largest absolute Gasteiger partial charge is 0.449 e. The van der Waals surface area contributed by atoms with Gasteiger partial charge in [-0.1, -0.05) is 28.1 Å². The molecule has 0 aliphatic heterocycles. The molecule has 0 aliphatic carbocycles. The van der Waals surface area contributed by atoms with Gasteiger partial charge in [-0.15, -0.1) is 0 Å². The Labute approximate surface area is 109 Å². The lowest BCUT2D eigenvalue weighted by Crippen LogP contribution is -2.28. The third kappa shape index (κ3) is 6.28. The summed E-state index contributed by atoms with van der Waals surface area (Å²) in [6.45, 7) is 1.33. The van der Waals surface area contributed by atoms with Crippen LogP contribution in [0.1, 0.15) is 5.56 Å². The van der Waals surface area contributed by atoms with Gasteiger partial charge < -0.3 is 14.8 Å². The van der Waals surface area contributed by atoms with Crippen molar-refractivity contribution in [1.29, 1.82) is 0 Å². The maximum atomic E-state index is 11.2. The molecule has 5 heteroatoms. The summed E-state index contributed by atoms with van der Waals surface area (Å²) in [7, 11) is 1.58. The van der Waals surface area contributed by atoms with E-state index in [1.165, 1.54) is 0 Å². The van der Waals surface area contributed by atoms with Crippen molar-refractivity contribution in [3.63, 3.8) is 0 Å². The smallest absolute Gasteiger partial charge is 0.407 e. The van der Waals surface area contributed by atoms with Gasteiger partial charge in [0.1, 0.15) is 0 Å². The molecule has 94 valence electrons. The summed E-state index contributed by atoms with van der Waals surface area (Å²) in [6.07, 6.45) is 0.310. The van der Waals surface area contributed by atoms with Crippen molar-refractivity contribution in [2.24, 2.45) is 0 Å². The molecule has 0 saturated heterocycles. The Morgan fingerprint density at radius 3 is 2.65 bits per heavy atom. The molecule has 1 N–H and O–H groups in total. The highest BCUT2D eigenvalue weighted by molar-refractivity contribution is 9.10. The highest BCUT2D eigenvalue weighted by atomic mass is 79.9. The van der Waals surface area contributed by atoms with Crippen LogP contribution in [0.5, 0.6) is 0 Å². The van der Waals surface area contributed by atoms with Crippen molar-refractivity contribution in [2.45, 2.75) is 6.42 Å². The Morgan fingerprint density at radius 2 is 2.00 bits per heavy atom. The quantitative estimate of drug-likeness (QED) is 0.821. The summed E-state index contributed by atoms with van der Waals surface area (Å²) >= 11 is 3.36. The fraction of sp³-hybridized carbons (Fsp3) is 0.417. The molecule has 0 aliphatic rings. The molecule has 1 rings (SSSR count). The molecule has 0 unspecified atom stereocenters. The van der Waals surface area contributed by atoms with Crippen LogP contribution in [-0.2, 0) is 15.9 Å². The summed E-state index contributed by atoms with van der Waals surface area (Å²) in [6, 6.07) is 7.93. The molecular formula is C12H16BrNO3. The second kappa shape index (κ2) is 8.08. The Balaban J connectivity index is 2.14. The Hall–Kier alpha value is -1.07. The van der Waals surface area contributed by atoms with Crippen LogP contribution >= 0.6 is 15.9 Å². The van der Waals surface area contributed by atoms with E-state index in [4.69, 9.17) is 9.47 Å². The number of halogens is 1. The zero-order valence-corrected chi connectivity index (χ0v) is 11.3. The minimum Gasteiger partial charge on any atom is -0.449 e. The fourth-order valence-electron chi connectivity index (χ4n) is 1.22. The van der Waals surface area contributed by atoms with Gasteiger partial charge in [-0.05, 0) is 17.7 Å². The summed E-state index contributed by atoms with van der Waals surface area (Å²) in [5.74, 6) is 0. The van der Waals surface area contributed by atoms with Gasteiger partial charge in [0, 0.05) is 24.5 Å². The normalized spacial score (nSPS) is 10.0. The number of carbonyl (C=O) groups excluding carboxylic acids is 1. The first kappa shape index (κ1) is 14.0. The van der Waals surface area contributed by atoms with E-state index in [-0.39, 0.29) is 0 Å². The van der Waals surface area contributed by atoms with Crippen LogP contribution in [0.4, 0.5) is 4.79 Å². The highest BCUT2D eigenvalue weighted by Crippen LogP contribution is 2.10. The van der Waals surface area contributed by atoms with Crippen molar-refractivity contribution in [3.05, 3.63) is 34.3 Å². The van der Waals surface area contributed by atoms with Gasteiger partial charge in [-0.2, -0.15) is 0 Å². The molecule has 0 fully saturated rings. The molecule has 1 aromatic carbocycles. The SMILES string of the molecule is COCCNC(=O)OCCc1ccc(Br)cc1. The highest BCUT2D eigenvalue weighted by Gasteiger charge is 2.00. The lowest BCUT2D eigenvalue weighted by Gasteiger charge is -2.06. The first-order valence-corrected chi connectivity index (χ1v) is 6.15. The molecule has 0 bridgehead atoms. The first-order valence-electron chi connectivity index (χ1n) is 5.36. The van der Waals surface area contributed by atoms with Crippen molar-refractivity contribution < 1.29 is 14.3 Å². The molecule has 1 amide bonds. The Bertz CT molecular complexity index is 340.